The van der Waals surface area contributed by atoms with Gasteiger partial charge in [0, 0.05) is 23.1 Å². The highest BCUT2D eigenvalue weighted by Crippen LogP contribution is 2.50. The molecule has 1 fully saturated rings. The molecule has 1 aromatic carbocycles. The largest absolute Gasteiger partial charge is 0.492 e. The topological polar surface area (TPSA) is 50.8 Å². The molecule has 2 aliphatic rings. The number of hydrogen-bond acceptors (Lipinski definition) is 3. The van der Waals surface area contributed by atoms with Crippen molar-refractivity contribution in [2.45, 2.75) is 50.9 Å². The summed E-state index contributed by atoms with van der Waals surface area (Å²) in [6.45, 7) is 5.23. The van der Waals surface area contributed by atoms with Crippen LogP contribution in [0, 0.1) is 12.8 Å². The third-order valence-electron chi connectivity index (χ3n) is 6.58. The number of nitrogens with one attached hydrogen (secondary N) is 1. The molecule has 0 radical (unpaired) electrons. The van der Waals surface area contributed by atoms with Crippen molar-refractivity contribution in [2.24, 2.45) is 5.92 Å². The van der Waals surface area contributed by atoms with Crippen molar-refractivity contribution in [2.75, 3.05) is 6.61 Å². The van der Waals surface area contributed by atoms with Gasteiger partial charge in [-0.15, -0.1) is 0 Å². The molecular formula is C22H25N3O. The van der Waals surface area contributed by atoms with E-state index in [1.807, 2.05) is 6.20 Å². The summed E-state index contributed by atoms with van der Waals surface area (Å²) < 4.78 is 6.00. The van der Waals surface area contributed by atoms with Crippen LogP contribution in [0.1, 0.15) is 55.5 Å². The summed E-state index contributed by atoms with van der Waals surface area (Å²) in [6, 6.07) is 10.7. The van der Waals surface area contributed by atoms with E-state index >= 15 is 0 Å². The molecule has 26 heavy (non-hydrogen) atoms. The molecule has 0 saturated heterocycles. The number of aromatic nitrogens is 3. The first kappa shape index (κ1) is 15.9. The molecule has 4 nitrogen and oxygen atoms in total. The van der Waals surface area contributed by atoms with Gasteiger partial charge in [-0.3, -0.25) is 0 Å². The van der Waals surface area contributed by atoms with Crippen LogP contribution in [-0.2, 0) is 5.41 Å². The molecule has 1 atom stereocenters. The average Bonchev–Trinajstić information content (AvgIpc) is 3.24. The van der Waals surface area contributed by atoms with E-state index in [4.69, 9.17) is 9.72 Å². The fourth-order valence-electron chi connectivity index (χ4n) is 4.89. The zero-order chi connectivity index (χ0) is 17.7. The minimum absolute atomic E-state index is 0.235. The lowest BCUT2D eigenvalue weighted by Crippen LogP contribution is -2.34. The van der Waals surface area contributed by atoms with E-state index in [0.29, 0.717) is 11.8 Å². The van der Waals surface area contributed by atoms with Crippen LogP contribution in [0.15, 0.2) is 36.5 Å². The first-order chi connectivity index (χ1) is 12.6. The van der Waals surface area contributed by atoms with Crippen LogP contribution in [0.2, 0.25) is 0 Å². The number of H-pyrrole nitrogens is 1. The molecule has 2 aromatic heterocycles. The Hall–Kier alpha value is -2.36. The second-order valence-corrected chi connectivity index (χ2v) is 8.20. The molecule has 0 bridgehead atoms. The molecule has 1 spiro atoms. The van der Waals surface area contributed by atoms with Crippen LogP contribution in [0.4, 0.5) is 0 Å². The summed E-state index contributed by atoms with van der Waals surface area (Å²) >= 11 is 0. The lowest BCUT2D eigenvalue weighted by molar-refractivity contribution is 0.169. The van der Waals surface area contributed by atoms with E-state index in [1.54, 1.807) is 0 Å². The van der Waals surface area contributed by atoms with Crippen LogP contribution < -0.4 is 4.74 Å². The standard InChI is InChI=1S/C22H25N3O/c1-14-11-18-21(23-12-14)25-20(24-18)15(2)16-7-9-22(10-8-16)13-26-19-6-4-3-5-17(19)22/h3-6,11-12,15-16H,7-10,13H2,1-2H3,(H,23,24,25)/t15-,16?,22?/m1/s1. The average molecular weight is 347 g/mol. The Bertz CT molecular complexity index is 953. The number of aryl methyl sites for hydroxylation is 1. The summed E-state index contributed by atoms with van der Waals surface area (Å²) in [5, 5.41) is 0. The number of pyridine rings is 1. The van der Waals surface area contributed by atoms with Crippen molar-refractivity contribution in [1.29, 1.82) is 0 Å². The van der Waals surface area contributed by atoms with Gasteiger partial charge < -0.3 is 9.72 Å². The predicted molar refractivity (Wildman–Crippen MR) is 103 cm³/mol. The van der Waals surface area contributed by atoms with Gasteiger partial charge in [-0.2, -0.15) is 0 Å². The highest BCUT2D eigenvalue weighted by atomic mass is 16.5. The minimum atomic E-state index is 0.235. The maximum absolute atomic E-state index is 6.00. The first-order valence-electron chi connectivity index (χ1n) is 9.69. The van der Waals surface area contributed by atoms with Crippen molar-refractivity contribution in [1.82, 2.24) is 15.0 Å². The Balaban J connectivity index is 1.35. The Kier molecular flexibility index (Phi) is 3.56. The second kappa shape index (κ2) is 5.83. The number of benzene rings is 1. The second-order valence-electron chi connectivity index (χ2n) is 8.20. The number of nitrogens with zero attached hydrogens (tertiary/aromatic N) is 2. The number of imidazole rings is 1. The maximum atomic E-state index is 6.00. The lowest BCUT2D eigenvalue weighted by Gasteiger charge is -2.38. The summed E-state index contributed by atoms with van der Waals surface area (Å²) in [4.78, 5) is 12.7. The Morgan fingerprint density at radius 3 is 2.88 bits per heavy atom. The highest BCUT2D eigenvalue weighted by Gasteiger charge is 2.44. The van der Waals surface area contributed by atoms with Crippen molar-refractivity contribution < 1.29 is 4.74 Å². The van der Waals surface area contributed by atoms with Crippen molar-refractivity contribution >= 4 is 11.2 Å². The zero-order valence-electron chi connectivity index (χ0n) is 15.5. The minimum Gasteiger partial charge on any atom is -0.492 e. The molecule has 3 heterocycles. The van der Waals surface area contributed by atoms with Gasteiger partial charge in [0.1, 0.15) is 11.6 Å². The van der Waals surface area contributed by atoms with Crippen LogP contribution in [-0.4, -0.2) is 21.6 Å². The molecule has 1 N–H and O–H groups in total. The van der Waals surface area contributed by atoms with Crippen LogP contribution in [0.5, 0.6) is 5.75 Å². The molecule has 4 heteroatoms. The van der Waals surface area contributed by atoms with Gasteiger partial charge in [0.25, 0.3) is 0 Å². The van der Waals surface area contributed by atoms with E-state index < -0.39 is 0 Å². The van der Waals surface area contributed by atoms with E-state index in [0.717, 1.165) is 29.3 Å². The van der Waals surface area contributed by atoms with Crippen LogP contribution in [0.25, 0.3) is 11.2 Å². The van der Waals surface area contributed by atoms with Crippen LogP contribution >= 0.6 is 0 Å². The molecule has 1 saturated carbocycles. The Labute approximate surface area is 154 Å². The third kappa shape index (κ3) is 2.43. The molecule has 5 rings (SSSR count). The molecule has 3 aromatic rings. The third-order valence-corrected chi connectivity index (χ3v) is 6.58. The van der Waals surface area contributed by atoms with Gasteiger partial charge in [-0.05, 0) is 56.2 Å². The van der Waals surface area contributed by atoms with Gasteiger partial charge in [0.15, 0.2) is 5.65 Å². The zero-order valence-corrected chi connectivity index (χ0v) is 15.5. The SMILES string of the molecule is Cc1cnc2nc([C@H](C)C3CCC4(CC3)COc3ccccc34)[nH]c2c1. The lowest BCUT2D eigenvalue weighted by atomic mass is 9.65. The van der Waals surface area contributed by atoms with Gasteiger partial charge >= 0.3 is 0 Å². The van der Waals surface area contributed by atoms with Gasteiger partial charge in [0.05, 0.1) is 12.1 Å². The van der Waals surface area contributed by atoms with E-state index in [2.05, 4.69) is 54.1 Å². The molecule has 0 unspecified atom stereocenters. The molecule has 1 aliphatic heterocycles. The summed E-state index contributed by atoms with van der Waals surface area (Å²) in [6.07, 6.45) is 6.75. The number of fused-ring (bicyclic) bond motifs is 3. The maximum Gasteiger partial charge on any atom is 0.177 e. The predicted octanol–water partition coefficient (Wildman–Crippen LogP) is 4.89. The van der Waals surface area contributed by atoms with E-state index in [1.165, 1.54) is 36.8 Å². The summed E-state index contributed by atoms with van der Waals surface area (Å²) in [7, 11) is 0. The quantitative estimate of drug-likeness (QED) is 0.718. The molecule has 134 valence electrons. The molecular weight excluding hydrogens is 322 g/mol. The fourth-order valence-corrected chi connectivity index (χ4v) is 4.89. The van der Waals surface area contributed by atoms with Gasteiger partial charge in [0.2, 0.25) is 0 Å². The Morgan fingerprint density at radius 1 is 1.23 bits per heavy atom. The number of rotatable bonds is 2. The van der Waals surface area contributed by atoms with Crippen LogP contribution in [0.3, 0.4) is 0 Å². The fraction of sp³-hybridized carbons (Fsp3) is 0.455. The number of aromatic amines is 1. The van der Waals surface area contributed by atoms with Crippen molar-refractivity contribution in [3.8, 4) is 5.75 Å². The van der Waals surface area contributed by atoms with Crippen molar-refractivity contribution in [3.05, 3.63) is 53.5 Å². The molecule has 0 amide bonds. The first-order valence-corrected chi connectivity index (χ1v) is 9.69. The number of hydrogen-bond donors (Lipinski definition) is 1. The van der Waals surface area contributed by atoms with Gasteiger partial charge in [-0.1, -0.05) is 25.1 Å². The Morgan fingerprint density at radius 2 is 2.04 bits per heavy atom. The van der Waals surface area contributed by atoms with Gasteiger partial charge in [-0.25, -0.2) is 9.97 Å². The normalized spacial score (nSPS) is 26.0. The summed E-state index contributed by atoms with van der Waals surface area (Å²) in [5.74, 6) is 3.27. The van der Waals surface area contributed by atoms with E-state index in [-0.39, 0.29) is 5.41 Å². The highest BCUT2D eigenvalue weighted by molar-refractivity contribution is 5.71. The molecule has 1 aliphatic carbocycles. The van der Waals surface area contributed by atoms with E-state index in [9.17, 15) is 0 Å². The van der Waals surface area contributed by atoms with Crippen molar-refractivity contribution in [3.63, 3.8) is 0 Å². The monoisotopic (exact) mass is 347 g/mol. The number of ether oxygens (including phenoxy) is 1. The number of para-hydroxylation sites is 1. The smallest absolute Gasteiger partial charge is 0.177 e. The summed E-state index contributed by atoms with van der Waals surface area (Å²) in [5.41, 5.74) is 4.72.